The van der Waals surface area contributed by atoms with E-state index in [2.05, 4.69) is 0 Å². The van der Waals surface area contributed by atoms with E-state index >= 15 is 0 Å². The van der Waals surface area contributed by atoms with Crippen molar-refractivity contribution in [1.82, 2.24) is 9.78 Å². The third-order valence-corrected chi connectivity index (χ3v) is 4.45. The van der Waals surface area contributed by atoms with Crippen LogP contribution in [0.3, 0.4) is 0 Å². The SMILES string of the molecule is O=C(O)c1cc(=O)n(-c2cc(S(=O)(=O)O)ccc2S(=O)(=O)O)[nH]1. The maximum Gasteiger partial charge on any atom is 0.353 e. The standard InChI is InChI=1S/C10H8N2O9S2/c13-9-4-6(10(14)15)11-12(9)7-3-5(22(16,17)18)1-2-8(7)23(19,20)21/h1-4,11H,(H,14,15)(H,16,17,18)(H,19,20,21). The number of H-pyrrole nitrogens is 1. The lowest BCUT2D eigenvalue weighted by atomic mass is 10.3. The van der Waals surface area contributed by atoms with E-state index < -0.39 is 52.9 Å². The zero-order valence-electron chi connectivity index (χ0n) is 10.9. The summed E-state index contributed by atoms with van der Waals surface area (Å²) < 4.78 is 63.5. The molecular weight excluding hydrogens is 356 g/mol. The highest BCUT2D eigenvalue weighted by Crippen LogP contribution is 2.22. The van der Waals surface area contributed by atoms with Crippen molar-refractivity contribution in [2.24, 2.45) is 0 Å². The van der Waals surface area contributed by atoms with Gasteiger partial charge in [0.2, 0.25) is 0 Å². The summed E-state index contributed by atoms with van der Waals surface area (Å²) in [6.45, 7) is 0. The molecule has 0 amide bonds. The Labute approximate surface area is 128 Å². The summed E-state index contributed by atoms with van der Waals surface area (Å²) in [6, 6.07) is 2.54. The van der Waals surface area contributed by atoms with E-state index in [0.717, 1.165) is 0 Å². The third-order valence-electron chi connectivity index (χ3n) is 2.70. The summed E-state index contributed by atoms with van der Waals surface area (Å²) in [4.78, 5) is 20.9. The summed E-state index contributed by atoms with van der Waals surface area (Å²) in [5.41, 5.74) is -2.31. The maximum atomic E-state index is 11.8. The lowest BCUT2D eigenvalue weighted by molar-refractivity contribution is 0.0690. The summed E-state index contributed by atoms with van der Waals surface area (Å²) in [5.74, 6) is -1.53. The predicted molar refractivity (Wildman–Crippen MR) is 73.0 cm³/mol. The summed E-state index contributed by atoms with van der Waals surface area (Å²) in [7, 11) is -9.62. The number of hydrogen-bond acceptors (Lipinski definition) is 6. The van der Waals surface area contributed by atoms with Crippen molar-refractivity contribution in [2.45, 2.75) is 9.79 Å². The maximum absolute atomic E-state index is 11.8. The second kappa shape index (κ2) is 5.31. The second-order valence-corrected chi connectivity index (χ2v) is 7.04. The monoisotopic (exact) mass is 364 g/mol. The molecule has 4 N–H and O–H groups in total. The fraction of sp³-hybridized carbons (Fsp3) is 0. The zero-order valence-corrected chi connectivity index (χ0v) is 12.5. The Morgan fingerprint density at radius 3 is 2.09 bits per heavy atom. The first-order chi connectivity index (χ1) is 10.4. The predicted octanol–water partition coefficient (Wildman–Crippen LogP) is -0.643. The van der Waals surface area contributed by atoms with Crippen molar-refractivity contribution in [3.8, 4) is 5.69 Å². The minimum atomic E-state index is -4.88. The van der Waals surface area contributed by atoms with Crippen LogP contribution in [0.4, 0.5) is 0 Å². The Bertz CT molecular complexity index is 1060. The average molecular weight is 364 g/mol. The second-order valence-electron chi connectivity index (χ2n) is 4.23. The van der Waals surface area contributed by atoms with Gasteiger partial charge >= 0.3 is 5.97 Å². The van der Waals surface area contributed by atoms with Crippen LogP contribution in [0, 0.1) is 0 Å². The highest BCUT2D eigenvalue weighted by atomic mass is 32.2. The topological polar surface area (TPSA) is 184 Å². The Morgan fingerprint density at radius 2 is 1.65 bits per heavy atom. The van der Waals surface area contributed by atoms with Gasteiger partial charge in [-0.1, -0.05) is 0 Å². The summed E-state index contributed by atoms with van der Waals surface area (Å²) in [5, 5.41) is 10.8. The first-order valence-corrected chi connectivity index (χ1v) is 8.44. The van der Waals surface area contributed by atoms with Crippen LogP contribution in [0.25, 0.3) is 5.69 Å². The van der Waals surface area contributed by atoms with Gasteiger partial charge in [0.05, 0.1) is 10.6 Å². The molecule has 0 aliphatic carbocycles. The number of hydrogen-bond donors (Lipinski definition) is 4. The van der Waals surface area contributed by atoms with Gasteiger partial charge in [-0.15, -0.1) is 0 Å². The number of aromatic nitrogens is 2. The van der Waals surface area contributed by atoms with Crippen LogP contribution in [-0.4, -0.2) is 46.8 Å². The smallest absolute Gasteiger partial charge is 0.353 e. The molecule has 0 saturated heterocycles. The number of aromatic carboxylic acids is 1. The van der Waals surface area contributed by atoms with Crippen molar-refractivity contribution < 1.29 is 35.8 Å². The molecule has 0 aliphatic rings. The average Bonchev–Trinajstić information content (AvgIpc) is 2.78. The van der Waals surface area contributed by atoms with E-state index in [-0.39, 0.29) is 0 Å². The lowest BCUT2D eigenvalue weighted by Crippen LogP contribution is -2.18. The molecule has 2 rings (SSSR count). The molecule has 0 spiro atoms. The molecule has 23 heavy (non-hydrogen) atoms. The molecule has 0 saturated carbocycles. The van der Waals surface area contributed by atoms with Gasteiger partial charge in [-0.05, 0) is 18.2 Å². The number of nitrogens with one attached hydrogen (secondary N) is 1. The highest BCUT2D eigenvalue weighted by molar-refractivity contribution is 7.86. The van der Waals surface area contributed by atoms with Gasteiger partial charge in [-0.2, -0.15) is 16.8 Å². The van der Waals surface area contributed by atoms with Crippen molar-refractivity contribution in [1.29, 1.82) is 0 Å². The molecule has 2 aromatic rings. The number of rotatable bonds is 4. The molecule has 1 aromatic carbocycles. The number of aromatic amines is 1. The van der Waals surface area contributed by atoms with Crippen molar-refractivity contribution in [3.05, 3.63) is 40.3 Å². The summed E-state index contributed by atoms with van der Waals surface area (Å²) >= 11 is 0. The van der Waals surface area contributed by atoms with E-state index in [1.165, 1.54) is 0 Å². The Balaban J connectivity index is 2.88. The van der Waals surface area contributed by atoms with E-state index in [1.54, 1.807) is 0 Å². The van der Waals surface area contributed by atoms with Gasteiger partial charge in [0.25, 0.3) is 25.8 Å². The first kappa shape index (κ1) is 16.9. The molecule has 0 unspecified atom stereocenters. The van der Waals surface area contributed by atoms with E-state index in [0.29, 0.717) is 28.9 Å². The molecule has 0 bridgehead atoms. The first-order valence-electron chi connectivity index (χ1n) is 5.56. The van der Waals surface area contributed by atoms with Crippen LogP contribution in [0.5, 0.6) is 0 Å². The largest absolute Gasteiger partial charge is 0.477 e. The van der Waals surface area contributed by atoms with E-state index in [4.69, 9.17) is 14.2 Å². The minimum absolute atomic E-state index is 0.404. The quantitative estimate of drug-likeness (QED) is 0.512. The number of carboxylic acid groups (broad SMARTS) is 1. The molecule has 0 radical (unpaired) electrons. The minimum Gasteiger partial charge on any atom is -0.477 e. The fourth-order valence-corrected chi connectivity index (χ4v) is 2.89. The van der Waals surface area contributed by atoms with Crippen LogP contribution in [0.2, 0.25) is 0 Å². The van der Waals surface area contributed by atoms with Gasteiger partial charge in [-0.25, -0.2) is 9.48 Å². The Kier molecular flexibility index (Phi) is 3.90. The van der Waals surface area contributed by atoms with Crippen molar-refractivity contribution in [2.75, 3.05) is 0 Å². The fourth-order valence-electron chi connectivity index (χ4n) is 1.73. The van der Waals surface area contributed by atoms with Gasteiger partial charge in [0, 0.05) is 6.07 Å². The van der Waals surface area contributed by atoms with Gasteiger partial charge in [-0.3, -0.25) is 19.0 Å². The molecule has 0 fully saturated rings. The molecule has 1 aromatic heterocycles. The third kappa shape index (κ3) is 3.31. The van der Waals surface area contributed by atoms with Gasteiger partial charge in [0.1, 0.15) is 10.6 Å². The highest BCUT2D eigenvalue weighted by Gasteiger charge is 2.23. The number of benzene rings is 1. The summed E-state index contributed by atoms with van der Waals surface area (Å²) in [6.07, 6.45) is 0. The van der Waals surface area contributed by atoms with Crippen molar-refractivity contribution in [3.63, 3.8) is 0 Å². The van der Waals surface area contributed by atoms with E-state index in [9.17, 15) is 26.4 Å². The Morgan fingerprint density at radius 1 is 1.04 bits per heavy atom. The van der Waals surface area contributed by atoms with Crippen LogP contribution >= 0.6 is 0 Å². The number of nitrogens with zero attached hydrogens (tertiary/aromatic N) is 1. The van der Waals surface area contributed by atoms with Crippen LogP contribution in [-0.2, 0) is 20.2 Å². The van der Waals surface area contributed by atoms with Crippen LogP contribution in [0.15, 0.2) is 38.9 Å². The molecular formula is C10H8N2O9S2. The molecule has 11 nitrogen and oxygen atoms in total. The zero-order chi connectivity index (χ0) is 17.6. The molecule has 124 valence electrons. The number of carbonyl (C=O) groups is 1. The van der Waals surface area contributed by atoms with Gasteiger partial charge < -0.3 is 5.11 Å². The number of carboxylic acids is 1. The molecule has 1 heterocycles. The van der Waals surface area contributed by atoms with Crippen LogP contribution in [0.1, 0.15) is 10.5 Å². The molecule has 13 heteroatoms. The Hall–Kier alpha value is -2.48. The normalized spacial score (nSPS) is 12.3. The molecule has 0 atom stereocenters. The van der Waals surface area contributed by atoms with Crippen LogP contribution < -0.4 is 5.56 Å². The molecule has 0 aliphatic heterocycles. The van der Waals surface area contributed by atoms with Crippen molar-refractivity contribution >= 4 is 26.2 Å². The van der Waals surface area contributed by atoms with E-state index in [1.807, 2.05) is 5.10 Å². The van der Waals surface area contributed by atoms with Gasteiger partial charge in [0.15, 0.2) is 0 Å². The lowest BCUT2D eigenvalue weighted by Gasteiger charge is -2.09.